The highest BCUT2D eigenvalue weighted by atomic mass is 79.9. The Morgan fingerprint density at radius 3 is 2.76 bits per heavy atom. The highest BCUT2D eigenvalue weighted by Gasteiger charge is 2.25. The van der Waals surface area contributed by atoms with Crippen LogP contribution in [0.1, 0.15) is 30.0 Å². The van der Waals surface area contributed by atoms with Crippen LogP contribution in [0.5, 0.6) is 0 Å². The number of benzene rings is 1. The molecule has 2 heteroatoms. The lowest BCUT2D eigenvalue weighted by Gasteiger charge is -2.33. The van der Waals surface area contributed by atoms with Crippen LogP contribution in [0.4, 0.5) is 0 Å². The van der Waals surface area contributed by atoms with Crippen LogP contribution < -0.4 is 5.32 Å². The van der Waals surface area contributed by atoms with Gasteiger partial charge in [0.2, 0.25) is 0 Å². The number of rotatable bonds is 4. The van der Waals surface area contributed by atoms with Crippen LogP contribution in [0.15, 0.2) is 48.0 Å². The zero-order chi connectivity index (χ0) is 12.3. The first-order chi connectivity index (χ1) is 8.26. The van der Waals surface area contributed by atoms with Crippen LogP contribution in [0.2, 0.25) is 0 Å². The molecule has 2 atom stereocenters. The summed E-state index contributed by atoms with van der Waals surface area (Å²) in [4.78, 5) is 0. The van der Waals surface area contributed by atoms with Gasteiger partial charge < -0.3 is 5.32 Å². The molecule has 0 spiro atoms. The minimum absolute atomic E-state index is 0.388. The highest BCUT2D eigenvalue weighted by Crippen LogP contribution is 2.33. The summed E-state index contributed by atoms with van der Waals surface area (Å²) in [5, 5.41) is 3.68. The first kappa shape index (κ1) is 12.6. The Bertz CT molecular complexity index is 425. The van der Waals surface area contributed by atoms with Crippen LogP contribution in [-0.2, 0) is 6.42 Å². The lowest BCUT2D eigenvalue weighted by Crippen LogP contribution is -2.39. The maximum atomic E-state index is 3.85. The molecule has 1 aliphatic rings. The molecule has 1 heterocycles. The Balaban J connectivity index is 2.34. The van der Waals surface area contributed by atoms with Crippen molar-refractivity contribution in [1.29, 1.82) is 0 Å². The molecule has 0 amide bonds. The summed E-state index contributed by atoms with van der Waals surface area (Å²) in [5.74, 6) is 0. The molecule has 90 valence electrons. The van der Waals surface area contributed by atoms with E-state index >= 15 is 0 Å². The average molecular weight is 292 g/mol. The van der Waals surface area contributed by atoms with Gasteiger partial charge >= 0.3 is 0 Å². The molecule has 17 heavy (non-hydrogen) atoms. The molecule has 1 N–H and O–H groups in total. The Morgan fingerprint density at radius 2 is 2.06 bits per heavy atom. The maximum absolute atomic E-state index is 3.85. The third-order valence-electron chi connectivity index (χ3n) is 3.27. The molecule has 0 saturated carbocycles. The molecule has 1 aliphatic heterocycles. The summed E-state index contributed by atoms with van der Waals surface area (Å²) in [5.41, 5.74) is 2.84. The Hall–Kier alpha value is -0.860. The smallest absolute Gasteiger partial charge is 0.0360 e. The van der Waals surface area contributed by atoms with Gasteiger partial charge in [-0.25, -0.2) is 0 Å². The molecule has 0 saturated heterocycles. The van der Waals surface area contributed by atoms with Crippen molar-refractivity contribution in [2.75, 3.05) is 0 Å². The number of hydrogen-bond donors (Lipinski definition) is 1. The van der Waals surface area contributed by atoms with Crippen molar-refractivity contribution in [1.82, 2.24) is 5.32 Å². The van der Waals surface area contributed by atoms with E-state index in [0.29, 0.717) is 12.1 Å². The van der Waals surface area contributed by atoms with E-state index in [0.717, 1.165) is 19.3 Å². The van der Waals surface area contributed by atoms with Gasteiger partial charge in [-0.15, -0.1) is 13.2 Å². The van der Waals surface area contributed by atoms with Crippen LogP contribution in [-0.4, -0.2) is 6.04 Å². The lowest BCUT2D eigenvalue weighted by atomic mass is 9.87. The second kappa shape index (κ2) is 5.65. The second-order valence-corrected chi connectivity index (χ2v) is 5.33. The average Bonchev–Trinajstić information content (AvgIpc) is 2.31. The van der Waals surface area contributed by atoms with E-state index in [-0.39, 0.29) is 0 Å². The summed E-state index contributed by atoms with van der Waals surface area (Å²) in [6, 6.07) is 7.32. The van der Waals surface area contributed by atoms with Gasteiger partial charge in [-0.2, -0.15) is 0 Å². The van der Waals surface area contributed by atoms with Gasteiger partial charge in [0.15, 0.2) is 0 Å². The minimum atomic E-state index is 0.388. The maximum Gasteiger partial charge on any atom is 0.0360 e. The predicted octanol–water partition coefficient (Wildman–Crippen LogP) is 4.16. The largest absolute Gasteiger partial charge is 0.306 e. The molecule has 0 aromatic heterocycles. The topological polar surface area (TPSA) is 12.0 Å². The number of hydrogen-bond acceptors (Lipinski definition) is 1. The first-order valence-corrected chi connectivity index (χ1v) is 6.80. The number of nitrogens with one attached hydrogen (secondary N) is 1. The molecule has 0 radical (unpaired) electrons. The summed E-state index contributed by atoms with van der Waals surface area (Å²) in [6.45, 7) is 7.68. The monoisotopic (exact) mass is 291 g/mol. The zero-order valence-corrected chi connectivity index (χ0v) is 11.5. The van der Waals surface area contributed by atoms with E-state index in [9.17, 15) is 0 Å². The van der Waals surface area contributed by atoms with Crippen molar-refractivity contribution in [3.63, 3.8) is 0 Å². The summed E-state index contributed by atoms with van der Waals surface area (Å²) >= 11 is 3.66. The molecule has 0 aliphatic carbocycles. The molecule has 1 aromatic carbocycles. The van der Waals surface area contributed by atoms with E-state index in [2.05, 4.69) is 52.6 Å². The summed E-state index contributed by atoms with van der Waals surface area (Å²) in [7, 11) is 0. The van der Waals surface area contributed by atoms with E-state index < -0.39 is 0 Å². The number of halogens is 1. The summed E-state index contributed by atoms with van der Waals surface area (Å²) in [6.07, 6.45) is 7.02. The fourth-order valence-corrected chi connectivity index (χ4v) is 3.05. The lowest BCUT2D eigenvalue weighted by molar-refractivity contribution is 0.405. The van der Waals surface area contributed by atoms with Crippen molar-refractivity contribution in [2.45, 2.75) is 31.3 Å². The standard InChI is InChI=1S/C15H18BrN/c1-3-6-11-10-13-12(8-5-9-14(13)16)15(17-11)7-4-2/h3-5,8-9,11,15,17H,1-2,6-7,10H2/t11-,15+/m0/s1. The zero-order valence-electron chi connectivity index (χ0n) is 9.95. The van der Waals surface area contributed by atoms with Crippen molar-refractivity contribution in [3.05, 3.63) is 59.1 Å². The predicted molar refractivity (Wildman–Crippen MR) is 77.1 cm³/mol. The van der Waals surface area contributed by atoms with Crippen LogP contribution in [0.3, 0.4) is 0 Å². The highest BCUT2D eigenvalue weighted by molar-refractivity contribution is 9.10. The molecular formula is C15H18BrN. The first-order valence-electron chi connectivity index (χ1n) is 6.01. The fourth-order valence-electron chi connectivity index (χ4n) is 2.51. The molecule has 1 aromatic rings. The third-order valence-corrected chi connectivity index (χ3v) is 4.01. The quantitative estimate of drug-likeness (QED) is 0.822. The Kier molecular flexibility index (Phi) is 4.19. The van der Waals surface area contributed by atoms with Crippen molar-refractivity contribution in [2.24, 2.45) is 0 Å². The van der Waals surface area contributed by atoms with Crippen molar-refractivity contribution < 1.29 is 0 Å². The minimum Gasteiger partial charge on any atom is -0.306 e. The summed E-state index contributed by atoms with van der Waals surface area (Å²) < 4.78 is 1.22. The van der Waals surface area contributed by atoms with E-state index in [1.165, 1.54) is 15.6 Å². The Labute approximate surface area is 112 Å². The van der Waals surface area contributed by atoms with Gasteiger partial charge in [-0.05, 0) is 36.5 Å². The van der Waals surface area contributed by atoms with E-state index in [4.69, 9.17) is 0 Å². The molecule has 0 unspecified atom stereocenters. The molecule has 2 rings (SSSR count). The van der Waals surface area contributed by atoms with Gasteiger partial charge in [0, 0.05) is 16.6 Å². The van der Waals surface area contributed by atoms with E-state index in [1.54, 1.807) is 0 Å². The second-order valence-electron chi connectivity index (χ2n) is 4.48. The molecule has 0 fully saturated rings. The third kappa shape index (κ3) is 2.70. The van der Waals surface area contributed by atoms with E-state index in [1.807, 2.05) is 12.2 Å². The van der Waals surface area contributed by atoms with Crippen molar-refractivity contribution in [3.8, 4) is 0 Å². The number of fused-ring (bicyclic) bond motifs is 1. The van der Waals surface area contributed by atoms with Gasteiger partial charge in [0.1, 0.15) is 0 Å². The molecular weight excluding hydrogens is 274 g/mol. The molecule has 0 bridgehead atoms. The van der Waals surface area contributed by atoms with Crippen LogP contribution >= 0.6 is 15.9 Å². The fraction of sp³-hybridized carbons (Fsp3) is 0.333. The van der Waals surface area contributed by atoms with Gasteiger partial charge in [0.25, 0.3) is 0 Å². The van der Waals surface area contributed by atoms with Crippen LogP contribution in [0, 0.1) is 0 Å². The van der Waals surface area contributed by atoms with Gasteiger partial charge in [-0.1, -0.05) is 40.2 Å². The van der Waals surface area contributed by atoms with Gasteiger partial charge in [-0.3, -0.25) is 0 Å². The normalized spacial score (nSPS) is 22.9. The SMILES string of the molecule is C=CC[C@H]1Cc2c(Br)cccc2[C@@H](CC=C)N1. The Morgan fingerprint density at radius 1 is 1.29 bits per heavy atom. The van der Waals surface area contributed by atoms with Crippen LogP contribution in [0.25, 0.3) is 0 Å². The molecule has 1 nitrogen and oxygen atoms in total. The van der Waals surface area contributed by atoms with Gasteiger partial charge in [0.05, 0.1) is 0 Å². The van der Waals surface area contributed by atoms with Crippen molar-refractivity contribution >= 4 is 15.9 Å².